The molecule has 5 nitrogen and oxygen atoms in total. The highest BCUT2D eigenvalue weighted by molar-refractivity contribution is 5.98. The molecule has 0 unspecified atom stereocenters. The van der Waals surface area contributed by atoms with Crippen LogP contribution in [-0.4, -0.2) is 56.2 Å². The summed E-state index contributed by atoms with van der Waals surface area (Å²) in [6.45, 7) is 2.94. The summed E-state index contributed by atoms with van der Waals surface area (Å²) in [5.41, 5.74) is 0.652. The van der Waals surface area contributed by atoms with Crippen LogP contribution in [0, 0.1) is 0 Å². The Kier molecular flexibility index (Phi) is 3.58. The predicted molar refractivity (Wildman–Crippen MR) is 65.3 cm³/mol. The predicted octanol–water partition coefficient (Wildman–Crippen LogP) is 0.620. The van der Waals surface area contributed by atoms with Crippen LogP contribution in [0.25, 0.3) is 0 Å². The maximum absolute atomic E-state index is 12.0. The third-order valence-corrected chi connectivity index (χ3v) is 2.73. The van der Waals surface area contributed by atoms with Gasteiger partial charge in [0.2, 0.25) is 0 Å². The Morgan fingerprint density at radius 2 is 2.12 bits per heavy atom. The van der Waals surface area contributed by atoms with Crippen molar-refractivity contribution < 1.29 is 9.53 Å². The standard InChI is InChI=1S/C12H17N3O2/c1-14(2)12(16)10-4-3-5-13-11(10)15-6-8-17-9-7-15/h3-5H,6-9H2,1-2H3. The number of pyridine rings is 1. The molecule has 0 saturated carbocycles. The first-order valence-electron chi connectivity index (χ1n) is 5.69. The molecule has 0 spiro atoms. The van der Waals surface area contributed by atoms with Gasteiger partial charge in [-0.05, 0) is 12.1 Å². The van der Waals surface area contributed by atoms with Crippen molar-refractivity contribution in [1.29, 1.82) is 0 Å². The number of morpholine rings is 1. The van der Waals surface area contributed by atoms with E-state index in [1.807, 2.05) is 6.07 Å². The van der Waals surface area contributed by atoms with Gasteiger partial charge in [0.25, 0.3) is 5.91 Å². The number of hydrogen-bond acceptors (Lipinski definition) is 4. The third-order valence-electron chi connectivity index (χ3n) is 2.73. The van der Waals surface area contributed by atoms with E-state index in [0.717, 1.165) is 18.9 Å². The second kappa shape index (κ2) is 5.14. The zero-order valence-electron chi connectivity index (χ0n) is 10.2. The van der Waals surface area contributed by atoms with E-state index in [1.165, 1.54) is 0 Å². The molecule has 0 N–H and O–H groups in total. The molecule has 0 bridgehead atoms. The topological polar surface area (TPSA) is 45.7 Å². The van der Waals surface area contributed by atoms with Gasteiger partial charge < -0.3 is 14.5 Å². The molecule has 2 rings (SSSR count). The number of ether oxygens (including phenoxy) is 1. The van der Waals surface area contributed by atoms with Crippen molar-refractivity contribution >= 4 is 11.7 Å². The molecule has 92 valence electrons. The van der Waals surface area contributed by atoms with E-state index in [-0.39, 0.29) is 5.91 Å². The summed E-state index contributed by atoms with van der Waals surface area (Å²) in [6.07, 6.45) is 1.72. The normalized spacial score (nSPS) is 15.8. The molecule has 0 radical (unpaired) electrons. The average Bonchev–Trinajstić information content (AvgIpc) is 2.39. The fraction of sp³-hybridized carbons (Fsp3) is 0.500. The van der Waals surface area contributed by atoms with Gasteiger partial charge >= 0.3 is 0 Å². The zero-order chi connectivity index (χ0) is 12.3. The van der Waals surface area contributed by atoms with Crippen molar-refractivity contribution in [1.82, 2.24) is 9.88 Å². The van der Waals surface area contributed by atoms with Crippen LogP contribution >= 0.6 is 0 Å². The quantitative estimate of drug-likeness (QED) is 0.754. The molecule has 17 heavy (non-hydrogen) atoms. The largest absolute Gasteiger partial charge is 0.378 e. The Balaban J connectivity index is 2.29. The summed E-state index contributed by atoms with van der Waals surface area (Å²) in [7, 11) is 3.50. The fourth-order valence-corrected chi connectivity index (χ4v) is 1.83. The van der Waals surface area contributed by atoms with Gasteiger partial charge in [0, 0.05) is 33.4 Å². The van der Waals surface area contributed by atoms with E-state index in [1.54, 1.807) is 31.3 Å². The van der Waals surface area contributed by atoms with Crippen LogP contribution in [0.5, 0.6) is 0 Å². The number of nitrogens with zero attached hydrogens (tertiary/aromatic N) is 3. The Hall–Kier alpha value is -1.62. The van der Waals surface area contributed by atoms with Gasteiger partial charge in [-0.3, -0.25) is 4.79 Å². The maximum atomic E-state index is 12.0. The monoisotopic (exact) mass is 235 g/mol. The second-order valence-corrected chi connectivity index (χ2v) is 4.17. The Labute approximate surface area is 101 Å². The summed E-state index contributed by atoms with van der Waals surface area (Å²) >= 11 is 0. The van der Waals surface area contributed by atoms with Gasteiger partial charge in [-0.1, -0.05) is 0 Å². The summed E-state index contributed by atoms with van der Waals surface area (Å²) in [5, 5.41) is 0. The molecule has 1 aromatic rings. The number of carbonyl (C=O) groups excluding carboxylic acids is 1. The molecule has 5 heteroatoms. The van der Waals surface area contributed by atoms with Gasteiger partial charge in [-0.2, -0.15) is 0 Å². The van der Waals surface area contributed by atoms with E-state index < -0.39 is 0 Å². The molecule has 1 saturated heterocycles. The molecular formula is C12H17N3O2. The van der Waals surface area contributed by atoms with Crippen LogP contribution in [0.2, 0.25) is 0 Å². The molecule has 1 aliphatic heterocycles. The number of hydrogen-bond donors (Lipinski definition) is 0. The SMILES string of the molecule is CN(C)C(=O)c1cccnc1N1CCOCC1. The molecule has 0 aromatic carbocycles. The van der Waals surface area contributed by atoms with Crippen LogP contribution in [0.1, 0.15) is 10.4 Å². The van der Waals surface area contributed by atoms with Crippen molar-refractivity contribution in [3.8, 4) is 0 Å². The van der Waals surface area contributed by atoms with E-state index in [4.69, 9.17) is 4.74 Å². The van der Waals surface area contributed by atoms with Crippen LogP contribution in [-0.2, 0) is 4.74 Å². The molecule has 0 aliphatic carbocycles. The minimum atomic E-state index is -0.0143. The molecular weight excluding hydrogens is 218 g/mol. The lowest BCUT2D eigenvalue weighted by Crippen LogP contribution is -2.38. The molecule has 2 heterocycles. The fourth-order valence-electron chi connectivity index (χ4n) is 1.83. The van der Waals surface area contributed by atoms with Crippen LogP contribution in [0.15, 0.2) is 18.3 Å². The molecule has 1 fully saturated rings. The highest BCUT2D eigenvalue weighted by atomic mass is 16.5. The minimum absolute atomic E-state index is 0.0143. The lowest BCUT2D eigenvalue weighted by atomic mass is 10.2. The second-order valence-electron chi connectivity index (χ2n) is 4.17. The number of amides is 1. The van der Waals surface area contributed by atoms with E-state index in [2.05, 4.69) is 9.88 Å². The lowest BCUT2D eigenvalue weighted by Gasteiger charge is -2.29. The zero-order valence-corrected chi connectivity index (χ0v) is 10.2. The molecule has 1 aliphatic rings. The number of anilines is 1. The number of aromatic nitrogens is 1. The van der Waals surface area contributed by atoms with Gasteiger partial charge in [-0.15, -0.1) is 0 Å². The first-order chi connectivity index (χ1) is 8.20. The Bertz CT molecular complexity index is 400. The Morgan fingerprint density at radius 1 is 1.41 bits per heavy atom. The van der Waals surface area contributed by atoms with Crippen LogP contribution in [0.3, 0.4) is 0 Å². The van der Waals surface area contributed by atoms with Crippen molar-refractivity contribution in [3.05, 3.63) is 23.9 Å². The van der Waals surface area contributed by atoms with E-state index in [9.17, 15) is 4.79 Å². The smallest absolute Gasteiger partial charge is 0.257 e. The van der Waals surface area contributed by atoms with Gasteiger partial charge in [0.15, 0.2) is 0 Å². The van der Waals surface area contributed by atoms with Gasteiger partial charge in [-0.25, -0.2) is 4.98 Å². The van der Waals surface area contributed by atoms with Gasteiger partial charge in [0.1, 0.15) is 5.82 Å². The van der Waals surface area contributed by atoms with Crippen LogP contribution < -0.4 is 4.90 Å². The third kappa shape index (κ3) is 2.55. The molecule has 1 amide bonds. The molecule has 0 atom stereocenters. The Morgan fingerprint density at radius 3 is 2.76 bits per heavy atom. The van der Waals surface area contributed by atoms with Crippen molar-refractivity contribution in [2.45, 2.75) is 0 Å². The van der Waals surface area contributed by atoms with E-state index in [0.29, 0.717) is 18.8 Å². The van der Waals surface area contributed by atoms with Gasteiger partial charge in [0.05, 0.1) is 18.8 Å². The van der Waals surface area contributed by atoms with Crippen molar-refractivity contribution in [3.63, 3.8) is 0 Å². The molecule has 1 aromatic heterocycles. The van der Waals surface area contributed by atoms with Crippen molar-refractivity contribution in [2.24, 2.45) is 0 Å². The highest BCUT2D eigenvalue weighted by Crippen LogP contribution is 2.19. The number of carbonyl (C=O) groups is 1. The van der Waals surface area contributed by atoms with E-state index >= 15 is 0 Å². The minimum Gasteiger partial charge on any atom is -0.378 e. The summed E-state index contributed by atoms with van der Waals surface area (Å²) < 4.78 is 5.30. The average molecular weight is 235 g/mol. The van der Waals surface area contributed by atoms with Crippen molar-refractivity contribution in [2.75, 3.05) is 45.3 Å². The lowest BCUT2D eigenvalue weighted by molar-refractivity contribution is 0.0826. The summed E-state index contributed by atoms with van der Waals surface area (Å²) in [6, 6.07) is 3.61. The number of rotatable bonds is 2. The summed E-state index contributed by atoms with van der Waals surface area (Å²) in [5.74, 6) is 0.745. The summed E-state index contributed by atoms with van der Waals surface area (Å²) in [4.78, 5) is 20.0. The maximum Gasteiger partial charge on any atom is 0.257 e. The highest BCUT2D eigenvalue weighted by Gasteiger charge is 2.20. The first kappa shape index (κ1) is 11.9. The first-order valence-corrected chi connectivity index (χ1v) is 5.69. The van der Waals surface area contributed by atoms with Crippen LogP contribution in [0.4, 0.5) is 5.82 Å².